The van der Waals surface area contributed by atoms with E-state index in [-0.39, 0.29) is 23.6 Å². The predicted octanol–water partition coefficient (Wildman–Crippen LogP) is 4.29. The maximum Gasteiger partial charge on any atom is 0.416 e. The smallest absolute Gasteiger partial charge is 0.416 e. The largest absolute Gasteiger partial charge is 0.444 e. The van der Waals surface area contributed by atoms with Gasteiger partial charge in [-0.15, -0.1) is 0 Å². The summed E-state index contributed by atoms with van der Waals surface area (Å²) in [5.74, 6) is -0.840. The number of benzene rings is 1. The third-order valence-corrected chi connectivity index (χ3v) is 4.98. The molecule has 2 aliphatic heterocycles. The molecule has 0 radical (unpaired) electrons. The third-order valence-electron chi connectivity index (χ3n) is 4.98. The predicted molar refractivity (Wildman–Crippen MR) is 91.5 cm³/mol. The van der Waals surface area contributed by atoms with Gasteiger partial charge in [0.1, 0.15) is 11.4 Å². The van der Waals surface area contributed by atoms with Gasteiger partial charge in [0.15, 0.2) is 0 Å². The van der Waals surface area contributed by atoms with Gasteiger partial charge < -0.3 is 9.64 Å². The van der Waals surface area contributed by atoms with E-state index in [9.17, 15) is 22.4 Å². The maximum atomic E-state index is 14.0. The lowest BCUT2D eigenvalue weighted by Crippen LogP contribution is -2.57. The van der Waals surface area contributed by atoms with Gasteiger partial charge in [-0.25, -0.2) is 9.18 Å². The number of likely N-dealkylation sites (tertiary alicyclic amines) is 2. The normalized spacial score (nSPS) is 20.0. The fourth-order valence-electron chi connectivity index (χ4n) is 3.78. The second kappa shape index (κ2) is 6.65. The first-order valence-corrected chi connectivity index (χ1v) is 8.93. The molecule has 0 atom stereocenters. The van der Waals surface area contributed by atoms with Crippen LogP contribution in [0, 0.1) is 11.2 Å². The fraction of sp³-hybridized carbons (Fsp3) is 0.632. The highest BCUT2D eigenvalue weighted by molar-refractivity contribution is 5.68. The molecule has 0 bridgehead atoms. The molecule has 0 unspecified atom stereocenters. The molecule has 2 saturated heterocycles. The number of hydrogen-bond donors (Lipinski definition) is 0. The molecule has 2 aliphatic rings. The van der Waals surface area contributed by atoms with Crippen molar-refractivity contribution in [1.29, 1.82) is 0 Å². The molecule has 1 aromatic carbocycles. The Labute approximate surface area is 156 Å². The minimum atomic E-state index is -4.55. The summed E-state index contributed by atoms with van der Waals surface area (Å²) in [6, 6.07) is 2.66. The summed E-state index contributed by atoms with van der Waals surface area (Å²) in [6.07, 6.45) is -4.03. The van der Waals surface area contributed by atoms with Gasteiger partial charge in [-0.3, -0.25) is 4.90 Å². The first-order chi connectivity index (χ1) is 12.4. The lowest BCUT2D eigenvalue weighted by molar-refractivity contribution is -0.137. The van der Waals surface area contributed by atoms with Crippen LogP contribution in [-0.4, -0.2) is 47.7 Å². The lowest BCUT2D eigenvalue weighted by Gasteiger charge is -2.48. The summed E-state index contributed by atoms with van der Waals surface area (Å²) in [5, 5.41) is 0. The number of carbonyl (C=O) groups is 1. The van der Waals surface area contributed by atoms with Crippen LogP contribution in [0.1, 0.15) is 38.3 Å². The van der Waals surface area contributed by atoms with Crippen LogP contribution in [-0.2, 0) is 17.5 Å². The molecule has 4 nitrogen and oxygen atoms in total. The van der Waals surface area contributed by atoms with Crippen molar-refractivity contribution in [2.45, 2.75) is 45.5 Å². The summed E-state index contributed by atoms with van der Waals surface area (Å²) in [4.78, 5) is 15.9. The number of hydrogen-bond acceptors (Lipinski definition) is 3. The number of alkyl halides is 3. The Kier molecular flexibility index (Phi) is 4.91. The zero-order chi connectivity index (χ0) is 20.0. The van der Waals surface area contributed by atoms with E-state index in [0.29, 0.717) is 32.2 Å². The quantitative estimate of drug-likeness (QED) is 0.709. The Morgan fingerprint density at radius 1 is 1.19 bits per heavy atom. The summed E-state index contributed by atoms with van der Waals surface area (Å²) in [5.41, 5.74) is -1.30. The van der Waals surface area contributed by atoms with Crippen LogP contribution in [0.2, 0.25) is 0 Å². The van der Waals surface area contributed by atoms with Gasteiger partial charge in [0.05, 0.1) is 5.56 Å². The molecular formula is C19H24F4N2O2. The SMILES string of the molecule is CC(C)(C)OC(=O)N1CCC2(CN(Cc3ccc(C(F)(F)F)cc3F)C2)C1. The minimum absolute atomic E-state index is 0.0285. The van der Waals surface area contributed by atoms with Crippen LogP contribution >= 0.6 is 0 Å². The standard InChI is InChI=1S/C19H24F4N2O2/c1-17(2,3)27-16(26)25-7-6-18(12-25)10-24(11-18)9-13-4-5-14(8-15(13)20)19(21,22)23/h4-5,8H,6-7,9-12H2,1-3H3. The highest BCUT2D eigenvalue weighted by atomic mass is 19.4. The molecule has 0 aliphatic carbocycles. The lowest BCUT2D eigenvalue weighted by atomic mass is 9.79. The van der Waals surface area contributed by atoms with Gasteiger partial charge in [-0.1, -0.05) is 6.07 Å². The highest BCUT2D eigenvalue weighted by Crippen LogP contribution is 2.41. The number of amides is 1. The van der Waals surface area contributed by atoms with Crippen LogP contribution in [0.25, 0.3) is 0 Å². The van der Waals surface area contributed by atoms with Crippen LogP contribution in [0.4, 0.5) is 22.4 Å². The summed E-state index contributed by atoms with van der Waals surface area (Å²) >= 11 is 0. The van der Waals surface area contributed by atoms with E-state index in [1.807, 2.05) is 25.7 Å². The number of carbonyl (C=O) groups excluding carboxylic acids is 1. The van der Waals surface area contributed by atoms with E-state index < -0.39 is 23.2 Å². The molecule has 8 heteroatoms. The van der Waals surface area contributed by atoms with Crippen molar-refractivity contribution in [2.75, 3.05) is 26.2 Å². The topological polar surface area (TPSA) is 32.8 Å². The van der Waals surface area contributed by atoms with Crippen LogP contribution < -0.4 is 0 Å². The highest BCUT2D eigenvalue weighted by Gasteiger charge is 2.49. The van der Waals surface area contributed by atoms with E-state index in [2.05, 4.69) is 0 Å². The van der Waals surface area contributed by atoms with Crippen molar-refractivity contribution in [1.82, 2.24) is 9.80 Å². The number of ether oxygens (including phenoxy) is 1. The third kappa shape index (κ3) is 4.54. The van der Waals surface area contributed by atoms with Gasteiger partial charge in [0.2, 0.25) is 0 Å². The summed E-state index contributed by atoms with van der Waals surface area (Å²) < 4.78 is 57.3. The Balaban J connectivity index is 1.54. The van der Waals surface area contributed by atoms with Crippen molar-refractivity contribution < 1.29 is 27.1 Å². The van der Waals surface area contributed by atoms with E-state index >= 15 is 0 Å². The average molecular weight is 388 g/mol. The monoisotopic (exact) mass is 388 g/mol. The van der Waals surface area contributed by atoms with Crippen molar-refractivity contribution in [3.05, 3.63) is 35.1 Å². The van der Waals surface area contributed by atoms with Crippen LogP contribution in [0.5, 0.6) is 0 Å². The van der Waals surface area contributed by atoms with Gasteiger partial charge in [0, 0.05) is 43.7 Å². The molecule has 150 valence electrons. The maximum absolute atomic E-state index is 14.0. The fourth-order valence-corrected chi connectivity index (χ4v) is 3.78. The van der Waals surface area contributed by atoms with Gasteiger partial charge in [0.25, 0.3) is 0 Å². The minimum Gasteiger partial charge on any atom is -0.444 e. The van der Waals surface area contributed by atoms with Crippen LogP contribution in [0.3, 0.4) is 0 Å². The van der Waals surface area contributed by atoms with E-state index in [1.165, 1.54) is 6.07 Å². The Morgan fingerprint density at radius 2 is 1.85 bits per heavy atom. The molecule has 2 fully saturated rings. The van der Waals surface area contributed by atoms with Crippen LogP contribution in [0.15, 0.2) is 18.2 Å². The zero-order valence-electron chi connectivity index (χ0n) is 15.7. The number of halogens is 4. The van der Waals surface area contributed by atoms with E-state index in [0.717, 1.165) is 12.5 Å². The molecule has 3 rings (SSSR count). The Morgan fingerprint density at radius 3 is 2.41 bits per heavy atom. The molecule has 0 saturated carbocycles. The number of nitrogens with zero attached hydrogens (tertiary/aromatic N) is 2. The van der Waals surface area contributed by atoms with E-state index in [4.69, 9.17) is 4.74 Å². The van der Waals surface area contributed by atoms with Gasteiger partial charge >= 0.3 is 12.3 Å². The first kappa shape index (κ1) is 19.9. The molecule has 0 aromatic heterocycles. The molecular weight excluding hydrogens is 364 g/mol. The first-order valence-electron chi connectivity index (χ1n) is 8.93. The molecule has 27 heavy (non-hydrogen) atoms. The molecule has 1 aromatic rings. The van der Waals surface area contributed by atoms with Crippen molar-refractivity contribution in [2.24, 2.45) is 5.41 Å². The zero-order valence-corrected chi connectivity index (χ0v) is 15.7. The van der Waals surface area contributed by atoms with Crippen molar-refractivity contribution in [3.63, 3.8) is 0 Å². The summed E-state index contributed by atoms with van der Waals surface area (Å²) in [7, 11) is 0. The summed E-state index contributed by atoms with van der Waals surface area (Å²) in [6.45, 7) is 8.31. The molecule has 1 spiro atoms. The van der Waals surface area contributed by atoms with Crippen molar-refractivity contribution >= 4 is 6.09 Å². The van der Waals surface area contributed by atoms with Gasteiger partial charge in [-0.05, 0) is 39.3 Å². The average Bonchev–Trinajstić information content (AvgIpc) is 2.91. The Bertz CT molecular complexity index is 721. The molecule has 2 heterocycles. The molecule has 0 N–H and O–H groups in total. The van der Waals surface area contributed by atoms with Crippen molar-refractivity contribution in [3.8, 4) is 0 Å². The molecule has 1 amide bonds. The second-order valence-electron chi connectivity index (χ2n) is 8.60. The number of rotatable bonds is 2. The van der Waals surface area contributed by atoms with E-state index in [1.54, 1.807) is 4.90 Å². The Hall–Kier alpha value is -1.83. The van der Waals surface area contributed by atoms with Gasteiger partial charge in [-0.2, -0.15) is 13.2 Å². The second-order valence-corrected chi connectivity index (χ2v) is 8.60.